The average molecular weight is 299 g/mol. The van der Waals surface area contributed by atoms with Gasteiger partial charge in [-0.15, -0.1) is 0 Å². The van der Waals surface area contributed by atoms with Gasteiger partial charge < -0.3 is 14.6 Å². The van der Waals surface area contributed by atoms with Crippen LogP contribution in [0.25, 0.3) is 0 Å². The van der Waals surface area contributed by atoms with Crippen LogP contribution in [0.3, 0.4) is 0 Å². The summed E-state index contributed by atoms with van der Waals surface area (Å²) >= 11 is 0. The van der Waals surface area contributed by atoms with Crippen LogP contribution in [0, 0.1) is 0 Å². The minimum absolute atomic E-state index is 0.353. The fraction of sp³-hybridized carbons (Fsp3) is 0.733. The molecule has 0 aromatic heterocycles. The van der Waals surface area contributed by atoms with E-state index in [1.807, 2.05) is 0 Å². The second kappa shape index (κ2) is 11.3. The van der Waals surface area contributed by atoms with Crippen molar-refractivity contribution in [2.75, 3.05) is 39.5 Å². The van der Waals surface area contributed by atoms with Crippen LogP contribution in [-0.4, -0.2) is 61.4 Å². The number of carboxylic acid groups (broad SMARTS) is 1. The Morgan fingerprint density at radius 3 is 2.43 bits per heavy atom. The third kappa shape index (κ3) is 10.0. The van der Waals surface area contributed by atoms with Gasteiger partial charge in [0, 0.05) is 25.2 Å². The van der Waals surface area contributed by atoms with Crippen LogP contribution < -0.4 is 0 Å². The summed E-state index contributed by atoms with van der Waals surface area (Å²) in [6, 6.07) is 0. The van der Waals surface area contributed by atoms with E-state index in [4.69, 9.17) is 14.6 Å². The van der Waals surface area contributed by atoms with Crippen molar-refractivity contribution in [2.24, 2.45) is 0 Å². The van der Waals surface area contributed by atoms with Gasteiger partial charge in [-0.05, 0) is 19.4 Å². The molecule has 0 radical (unpaired) electrons. The van der Waals surface area contributed by atoms with E-state index < -0.39 is 11.9 Å². The second-order valence-electron chi connectivity index (χ2n) is 5.06. The minimum Gasteiger partial charge on any atom is -0.478 e. The van der Waals surface area contributed by atoms with E-state index in [0.29, 0.717) is 6.61 Å². The number of nitrogens with zero attached hydrogens (tertiary/aromatic N) is 1. The van der Waals surface area contributed by atoms with E-state index in [-0.39, 0.29) is 0 Å². The molecular weight excluding hydrogens is 274 g/mol. The molecule has 120 valence electrons. The number of carboxylic acids is 1. The maximum absolute atomic E-state index is 11.1. The Labute approximate surface area is 125 Å². The molecule has 0 aliphatic carbocycles. The molecule has 6 heteroatoms. The molecule has 0 atom stereocenters. The van der Waals surface area contributed by atoms with Gasteiger partial charge in [-0.1, -0.05) is 19.3 Å². The molecule has 1 aliphatic heterocycles. The monoisotopic (exact) mass is 299 g/mol. The normalized spacial score (nSPS) is 16.2. The standard InChI is InChI=1S/C15H25NO5/c17-14(18)6-7-15(19)21-11-5-3-1-2-4-8-16-9-12-20-13-10-16/h6-7H,1-5,8-13H2,(H,17,18)/b7-6+. The summed E-state index contributed by atoms with van der Waals surface area (Å²) in [6.45, 7) is 5.27. The van der Waals surface area contributed by atoms with Crippen LogP contribution >= 0.6 is 0 Å². The van der Waals surface area contributed by atoms with E-state index in [1.165, 1.54) is 12.8 Å². The topological polar surface area (TPSA) is 76.1 Å². The number of rotatable bonds is 10. The zero-order valence-corrected chi connectivity index (χ0v) is 12.5. The molecule has 1 fully saturated rings. The lowest BCUT2D eigenvalue weighted by Crippen LogP contribution is -2.36. The van der Waals surface area contributed by atoms with Gasteiger partial charge in [-0.3, -0.25) is 4.90 Å². The molecule has 1 rings (SSSR count). The summed E-state index contributed by atoms with van der Waals surface area (Å²) in [5, 5.41) is 8.34. The number of aliphatic carboxylic acids is 1. The first-order chi connectivity index (χ1) is 10.2. The quantitative estimate of drug-likeness (QED) is 0.374. The molecular formula is C15H25NO5. The zero-order valence-electron chi connectivity index (χ0n) is 12.5. The summed E-state index contributed by atoms with van der Waals surface area (Å²) in [4.78, 5) is 23.7. The highest BCUT2D eigenvalue weighted by Crippen LogP contribution is 2.06. The predicted molar refractivity (Wildman–Crippen MR) is 78.1 cm³/mol. The van der Waals surface area contributed by atoms with Gasteiger partial charge in [-0.25, -0.2) is 9.59 Å². The van der Waals surface area contributed by atoms with Crippen LogP contribution in [0.15, 0.2) is 12.2 Å². The average Bonchev–Trinajstić information content (AvgIpc) is 2.49. The first-order valence-electron chi connectivity index (χ1n) is 7.56. The summed E-state index contributed by atoms with van der Waals surface area (Å²) in [7, 11) is 0. The number of hydrogen-bond donors (Lipinski definition) is 1. The molecule has 0 spiro atoms. The van der Waals surface area contributed by atoms with Crippen molar-refractivity contribution in [3.8, 4) is 0 Å². The lowest BCUT2D eigenvalue weighted by Gasteiger charge is -2.26. The van der Waals surface area contributed by atoms with E-state index >= 15 is 0 Å². The first kappa shape index (κ1) is 17.7. The van der Waals surface area contributed by atoms with Crippen molar-refractivity contribution in [3.05, 3.63) is 12.2 Å². The Bertz CT molecular complexity index is 337. The van der Waals surface area contributed by atoms with E-state index in [0.717, 1.165) is 64.3 Å². The molecule has 1 aliphatic rings. The molecule has 1 saturated heterocycles. The highest BCUT2D eigenvalue weighted by atomic mass is 16.5. The number of morpholine rings is 1. The minimum atomic E-state index is -1.15. The van der Waals surface area contributed by atoms with Gasteiger partial charge in [0.25, 0.3) is 0 Å². The van der Waals surface area contributed by atoms with Gasteiger partial charge in [0.15, 0.2) is 0 Å². The number of hydrogen-bond acceptors (Lipinski definition) is 5. The molecule has 1 N–H and O–H groups in total. The van der Waals surface area contributed by atoms with Crippen molar-refractivity contribution in [1.82, 2.24) is 4.90 Å². The number of unbranched alkanes of at least 4 members (excludes halogenated alkanes) is 4. The molecule has 0 aromatic carbocycles. The lowest BCUT2D eigenvalue weighted by atomic mass is 10.1. The predicted octanol–water partition coefficient (Wildman–Crippen LogP) is 1.45. The molecule has 0 aromatic rings. The molecule has 0 unspecified atom stereocenters. The summed E-state index contributed by atoms with van der Waals surface area (Å²) < 4.78 is 10.2. The Balaban J connectivity index is 1.86. The third-order valence-corrected chi connectivity index (χ3v) is 3.33. The van der Waals surface area contributed by atoms with Crippen molar-refractivity contribution in [2.45, 2.75) is 32.1 Å². The van der Waals surface area contributed by atoms with Gasteiger partial charge in [0.2, 0.25) is 0 Å². The van der Waals surface area contributed by atoms with Gasteiger partial charge in [0.1, 0.15) is 0 Å². The fourth-order valence-electron chi connectivity index (χ4n) is 2.15. The largest absolute Gasteiger partial charge is 0.478 e. The van der Waals surface area contributed by atoms with Crippen LogP contribution in [-0.2, 0) is 19.1 Å². The number of ether oxygens (including phenoxy) is 2. The van der Waals surface area contributed by atoms with Crippen LogP contribution in [0.2, 0.25) is 0 Å². The SMILES string of the molecule is O=C(O)/C=C/C(=O)OCCCCCCCN1CCOCC1. The zero-order chi connectivity index (χ0) is 15.3. The van der Waals surface area contributed by atoms with Gasteiger partial charge in [0.05, 0.1) is 19.8 Å². The number of esters is 1. The maximum atomic E-state index is 11.1. The van der Waals surface area contributed by atoms with E-state index in [9.17, 15) is 9.59 Å². The molecule has 0 bridgehead atoms. The molecule has 1 heterocycles. The highest BCUT2D eigenvalue weighted by Gasteiger charge is 2.08. The summed E-state index contributed by atoms with van der Waals surface area (Å²) in [5.74, 6) is -1.74. The number of carbonyl (C=O) groups is 2. The first-order valence-corrected chi connectivity index (χ1v) is 7.56. The van der Waals surface area contributed by atoms with E-state index in [1.54, 1.807) is 0 Å². The Morgan fingerprint density at radius 2 is 1.71 bits per heavy atom. The lowest BCUT2D eigenvalue weighted by molar-refractivity contribution is -0.138. The number of carbonyl (C=O) groups excluding carboxylic acids is 1. The Kier molecular flexibility index (Phi) is 9.48. The fourth-order valence-corrected chi connectivity index (χ4v) is 2.15. The Hall–Kier alpha value is -1.40. The second-order valence-corrected chi connectivity index (χ2v) is 5.06. The molecule has 0 amide bonds. The van der Waals surface area contributed by atoms with Crippen molar-refractivity contribution < 1.29 is 24.2 Å². The van der Waals surface area contributed by atoms with Gasteiger partial charge in [-0.2, -0.15) is 0 Å². The van der Waals surface area contributed by atoms with E-state index in [2.05, 4.69) is 4.90 Å². The van der Waals surface area contributed by atoms with Crippen molar-refractivity contribution >= 4 is 11.9 Å². The van der Waals surface area contributed by atoms with Crippen molar-refractivity contribution in [1.29, 1.82) is 0 Å². The van der Waals surface area contributed by atoms with Crippen LogP contribution in [0.1, 0.15) is 32.1 Å². The van der Waals surface area contributed by atoms with Crippen molar-refractivity contribution in [3.63, 3.8) is 0 Å². The maximum Gasteiger partial charge on any atom is 0.331 e. The van der Waals surface area contributed by atoms with Crippen LogP contribution in [0.4, 0.5) is 0 Å². The smallest absolute Gasteiger partial charge is 0.331 e. The third-order valence-electron chi connectivity index (χ3n) is 3.33. The van der Waals surface area contributed by atoms with Gasteiger partial charge >= 0.3 is 11.9 Å². The summed E-state index contributed by atoms with van der Waals surface area (Å²) in [6.07, 6.45) is 7.08. The van der Waals surface area contributed by atoms with Crippen LogP contribution in [0.5, 0.6) is 0 Å². The molecule has 6 nitrogen and oxygen atoms in total. The highest BCUT2D eigenvalue weighted by molar-refractivity contribution is 5.90. The summed E-state index contributed by atoms with van der Waals surface area (Å²) in [5.41, 5.74) is 0. The molecule has 21 heavy (non-hydrogen) atoms. The Morgan fingerprint density at radius 1 is 1.05 bits per heavy atom. The molecule has 0 saturated carbocycles.